The highest BCUT2D eigenvalue weighted by Crippen LogP contribution is 2.41. The first-order chi connectivity index (χ1) is 14.7. The van der Waals surface area contributed by atoms with Crippen molar-refractivity contribution < 1.29 is 9.31 Å². The average Bonchev–Trinajstić information content (AvgIpc) is 2.88. The van der Waals surface area contributed by atoms with Crippen molar-refractivity contribution in [3.63, 3.8) is 0 Å². The second kappa shape index (κ2) is 8.95. The van der Waals surface area contributed by atoms with Crippen LogP contribution in [0.2, 0.25) is 16.6 Å². The SMILES string of the molecule is CC(C)[Si](C#Cc1cccc2cc(B3OC(C)(C)C(C)(C)O3)cc(Br)c12)(C(C)C)C(C)C. The minimum atomic E-state index is -1.80. The maximum absolute atomic E-state index is 6.29. The highest BCUT2D eigenvalue weighted by molar-refractivity contribution is 9.10. The van der Waals surface area contributed by atoms with Crippen molar-refractivity contribution in [1.29, 1.82) is 0 Å². The maximum Gasteiger partial charge on any atom is 0.494 e. The molecule has 0 aromatic heterocycles. The van der Waals surface area contributed by atoms with Crippen LogP contribution in [-0.2, 0) is 9.31 Å². The van der Waals surface area contributed by atoms with Crippen molar-refractivity contribution in [2.75, 3.05) is 0 Å². The van der Waals surface area contributed by atoms with Gasteiger partial charge in [0.1, 0.15) is 8.07 Å². The molecule has 0 amide bonds. The summed E-state index contributed by atoms with van der Waals surface area (Å²) in [7, 11) is -2.17. The Labute approximate surface area is 205 Å². The molecule has 1 fully saturated rings. The third kappa shape index (κ3) is 4.37. The van der Waals surface area contributed by atoms with Crippen molar-refractivity contribution in [3.05, 3.63) is 40.4 Å². The lowest BCUT2D eigenvalue weighted by molar-refractivity contribution is 0.00578. The van der Waals surface area contributed by atoms with Gasteiger partial charge in [-0.05, 0) is 67.3 Å². The van der Waals surface area contributed by atoms with Gasteiger partial charge in [0, 0.05) is 15.4 Å². The zero-order valence-electron chi connectivity index (χ0n) is 21.4. The van der Waals surface area contributed by atoms with Gasteiger partial charge in [0.25, 0.3) is 0 Å². The van der Waals surface area contributed by atoms with E-state index < -0.39 is 8.07 Å². The summed E-state index contributed by atoms with van der Waals surface area (Å²) in [4.78, 5) is 0. The number of hydrogen-bond donors (Lipinski definition) is 0. The molecule has 5 heteroatoms. The molecule has 0 atom stereocenters. The van der Waals surface area contributed by atoms with E-state index in [2.05, 4.69) is 127 Å². The van der Waals surface area contributed by atoms with Gasteiger partial charge in [-0.1, -0.05) is 81.6 Å². The molecule has 0 saturated carbocycles. The van der Waals surface area contributed by atoms with Crippen LogP contribution in [-0.4, -0.2) is 26.4 Å². The van der Waals surface area contributed by atoms with E-state index in [-0.39, 0.29) is 18.3 Å². The Morgan fingerprint density at radius 3 is 1.91 bits per heavy atom. The van der Waals surface area contributed by atoms with E-state index in [4.69, 9.17) is 9.31 Å². The lowest BCUT2D eigenvalue weighted by atomic mass is 9.78. The summed E-state index contributed by atoms with van der Waals surface area (Å²) in [6.07, 6.45) is 0. The van der Waals surface area contributed by atoms with Crippen LogP contribution in [0.3, 0.4) is 0 Å². The van der Waals surface area contributed by atoms with Crippen LogP contribution in [0.5, 0.6) is 0 Å². The van der Waals surface area contributed by atoms with Crippen molar-refractivity contribution in [3.8, 4) is 11.5 Å². The predicted molar refractivity (Wildman–Crippen MR) is 145 cm³/mol. The molecule has 0 radical (unpaired) electrons. The van der Waals surface area contributed by atoms with Crippen LogP contribution < -0.4 is 5.46 Å². The quantitative estimate of drug-likeness (QED) is 0.312. The molecule has 2 aromatic carbocycles. The highest BCUT2D eigenvalue weighted by Gasteiger charge is 2.51. The Balaban J connectivity index is 2.09. The van der Waals surface area contributed by atoms with Crippen LogP contribution in [0.4, 0.5) is 0 Å². The molecule has 0 N–H and O–H groups in total. The van der Waals surface area contributed by atoms with Gasteiger partial charge in [0.05, 0.1) is 11.2 Å². The van der Waals surface area contributed by atoms with E-state index in [0.29, 0.717) is 16.6 Å². The van der Waals surface area contributed by atoms with Crippen LogP contribution in [0.1, 0.15) is 74.8 Å². The van der Waals surface area contributed by atoms with Gasteiger partial charge in [0.2, 0.25) is 0 Å². The van der Waals surface area contributed by atoms with Gasteiger partial charge in [0.15, 0.2) is 0 Å². The number of halogens is 1. The molecule has 1 aliphatic heterocycles. The minimum Gasteiger partial charge on any atom is -0.399 e. The number of rotatable bonds is 4. The topological polar surface area (TPSA) is 18.5 Å². The smallest absolute Gasteiger partial charge is 0.399 e. The Kier molecular flexibility index (Phi) is 7.15. The Morgan fingerprint density at radius 1 is 0.875 bits per heavy atom. The summed E-state index contributed by atoms with van der Waals surface area (Å²) in [5.41, 5.74) is 7.13. The number of fused-ring (bicyclic) bond motifs is 1. The zero-order chi connectivity index (χ0) is 24.1. The van der Waals surface area contributed by atoms with Gasteiger partial charge in [-0.2, -0.15) is 0 Å². The number of benzene rings is 2. The monoisotopic (exact) mass is 512 g/mol. The molecule has 0 bridgehead atoms. The average molecular weight is 513 g/mol. The molecule has 0 unspecified atom stereocenters. The van der Waals surface area contributed by atoms with Gasteiger partial charge in [-0.3, -0.25) is 0 Å². The normalized spacial score (nSPS) is 18.0. The van der Waals surface area contributed by atoms with Gasteiger partial charge >= 0.3 is 7.12 Å². The summed E-state index contributed by atoms with van der Waals surface area (Å²) in [5, 5.41) is 2.32. The largest absolute Gasteiger partial charge is 0.494 e. The third-order valence-corrected chi connectivity index (χ3v) is 14.7. The van der Waals surface area contributed by atoms with E-state index in [1.165, 1.54) is 5.39 Å². The van der Waals surface area contributed by atoms with Crippen LogP contribution in [0, 0.1) is 11.5 Å². The molecule has 2 aromatic rings. The fraction of sp³-hybridized carbons (Fsp3) is 0.556. The van der Waals surface area contributed by atoms with Crippen LogP contribution in [0.25, 0.3) is 10.8 Å². The first-order valence-corrected chi connectivity index (χ1v) is 14.9. The van der Waals surface area contributed by atoms with Crippen LogP contribution in [0.15, 0.2) is 34.8 Å². The maximum atomic E-state index is 6.29. The Morgan fingerprint density at radius 2 is 1.41 bits per heavy atom. The van der Waals surface area contributed by atoms with E-state index >= 15 is 0 Å². The molecule has 3 rings (SSSR count). The first kappa shape index (κ1) is 25.6. The van der Waals surface area contributed by atoms with Crippen molar-refractivity contribution in [1.82, 2.24) is 0 Å². The van der Waals surface area contributed by atoms with Crippen molar-refractivity contribution in [2.24, 2.45) is 0 Å². The second-order valence-corrected chi connectivity index (χ2v) is 17.6. The highest BCUT2D eigenvalue weighted by atomic mass is 79.9. The van der Waals surface area contributed by atoms with E-state index in [0.717, 1.165) is 20.9 Å². The molecule has 0 aliphatic carbocycles. The summed E-state index contributed by atoms with van der Waals surface area (Å²) >= 11 is 3.84. The fourth-order valence-electron chi connectivity index (χ4n) is 5.22. The molecular formula is C27H38BBrO2Si. The number of hydrogen-bond acceptors (Lipinski definition) is 2. The predicted octanol–water partition coefficient (Wildman–Crippen LogP) is 7.47. The van der Waals surface area contributed by atoms with E-state index in [9.17, 15) is 0 Å². The fourth-order valence-corrected chi connectivity index (χ4v) is 11.1. The summed E-state index contributed by atoms with van der Waals surface area (Å²) in [5.74, 6) is 3.65. The van der Waals surface area contributed by atoms with Crippen LogP contribution >= 0.6 is 15.9 Å². The van der Waals surface area contributed by atoms with E-state index in [1.54, 1.807) is 0 Å². The lowest BCUT2D eigenvalue weighted by Crippen LogP contribution is -2.43. The van der Waals surface area contributed by atoms with Crippen molar-refractivity contribution >= 4 is 47.4 Å². The summed E-state index contributed by atoms with van der Waals surface area (Å²) in [6, 6.07) is 10.7. The Bertz CT molecular complexity index is 1020. The molecule has 32 heavy (non-hydrogen) atoms. The standard InChI is InChI=1S/C27H38BBrO2Si/c1-18(2)32(19(3)4,20(5)6)15-14-21-12-11-13-22-16-23(17-24(29)25(21)22)28-30-26(7,8)27(9,10)31-28/h11-13,16-20H,1-10H3. The van der Waals surface area contributed by atoms with E-state index in [1.807, 2.05) is 0 Å². The molecule has 2 nitrogen and oxygen atoms in total. The molecule has 1 heterocycles. The van der Waals surface area contributed by atoms with Gasteiger partial charge in [-0.25, -0.2) is 0 Å². The lowest BCUT2D eigenvalue weighted by Gasteiger charge is -2.38. The summed E-state index contributed by atoms with van der Waals surface area (Å²) in [6.45, 7) is 22.5. The molecule has 0 spiro atoms. The molecule has 1 saturated heterocycles. The molecular weight excluding hydrogens is 475 g/mol. The zero-order valence-corrected chi connectivity index (χ0v) is 24.0. The third-order valence-electron chi connectivity index (χ3n) is 7.76. The van der Waals surface area contributed by atoms with Gasteiger partial charge < -0.3 is 9.31 Å². The molecule has 172 valence electrons. The second-order valence-electron chi connectivity index (χ2n) is 11.1. The summed E-state index contributed by atoms with van der Waals surface area (Å²) < 4.78 is 13.6. The van der Waals surface area contributed by atoms with Gasteiger partial charge in [-0.15, -0.1) is 5.54 Å². The first-order valence-electron chi connectivity index (χ1n) is 11.8. The minimum absolute atomic E-state index is 0.356. The molecule has 1 aliphatic rings. The Hall–Kier alpha value is -1.06. The van der Waals surface area contributed by atoms with Crippen molar-refractivity contribution in [2.45, 2.75) is 97.1 Å².